The maximum Gasteiger partial charge on any atom is 0.309 e. The van der Waals surface area contributed by atoms with E-state index in [-0.39, 0.29) is 6.42 Å². The Morgan fingerprint density at radius 1 is 1.60 bits per heavy atom. The Morgan fingerprint density at radius 3 is 2.93 bits per heavy atom. The Labute approximate surface area is 89.1 Å². The lowest BCUT2D eigenvalue weighted by Gasteiger charge is -2.03. The minimum Gasteiger partial charge on any atom is -0.481 e. The Morgan fingerprint density at radius 2 is 2.33 bits per heavy atom. The smallest absolute Gasteiger partial charge is 0.309 e. The number of nitrogens with zero attached hydrogens (tertiary/aromatic N) is 3. The number of carboxylic acid groups (broad SMARTS) is 1. The van der Waals surface area contributed by atoms with Gasteiger partial charge in [0.05, 0.1) is 12.1 Å². The van der Waals surface area contributed by atoms with Crippen molar-refractivity contribution in [3.05, 3.63) is 11.9 Å². The number of carbonyl (C=O) groups is 1. The van der Waals surface area contributed by atoms with Crippen LogP contribution >= 0.6 is 0 Å². The molecule has 1 heterocycles. The third-order valence-corrected chi connectivity index (χ3v) is 2.09. The average molecular weight is 211 g/mol. The fraction of sp³-hybridized carbons (Fsp3) is 0.700. The highest BCUT2D eigenvalue weighted by Crippen LogP contribution is 2.05. The van der Waals surface area contributed by atoms with Crippen molar-refractivity contribution >= 4 is 5.97 Å². The van der Waals surface area contributed by atoms with Crippen LogP contribution in [0.5, 0.6) is 0 Å². The SMILES string of the molecule is CC(C)CCCn1cc(CC(=O)O)nn1. The highest BCUT2D eigenvalue weighted by atomic mass is 16.4. The van der Waals surface area contributed by atoms with Crippen LogP contribution in [0.1, 0.15) is 32.4 Å². The molecule has 0 saturated carbocycles. The van der Waals surface area contributed by atoms with Gasteiger partial charge in [0.25, 0.3) is 0 Å². The zero-order chi connectivity index (χ0) is 11.3. The summed E-state index contributed by atoms with van der Waals surface area (Å²) in [7, 11) is 0. The van der Waals surface area contributed by atoms with Gasteiger partial charge in [0.15, 0.2) is 0 Å². The van der Waals surface area contributed by atoms with E-state index in [0.717, 1.165) is 19.4 Å². The van der Waals surface area contributed by atoms with Gasteiger partial charge >= 0.3 is 5.97 Å². The topological polar surface area (TPSA) is 68.0 Å². The van der Waals surface area contributed by atoms with Gasteiger partial charge in [0.1, 0.15) is 0 Å². The fourth-order valence-corrected chi connectivity index (χ4v) is 1.35. The predicted molar refractivity (Wildman–Crippen MR) is 55.4 cm³/mol. The molecule has 84 valence electrons. The number of hydrogen-bond acceptors (Lipinski definition) is 3. The van der Waals surface area contributed by atoms with Gasteiger partial charge in [-0.3, -0.25) is 9.48 Å². The quantitative estimate of drug-likeness (QED) is 0.771. The highest BCUT2D eigenvalue weighted by Gasteiger charge is 2.05. The van der Waals surface area contributed by atoms with Crippen molar-refractivity contribution < 1.29 is 9.90 Å². The second-order valence-electron chi connectivity index (χ2n) is 4.08. The standard InChI is InChI=1S/C10H17N3O2/c1-8(2)4-3-5-13-7-9(11-12-13)6-10(14)15/h7-8H,3-6H2,1-2H3,(H,14,15). The summed E-state index contributed by atoms with van der Waals surface area (Å²) in [4.78, 5) is 10.4. The Hall–Kier alpha value is -1.39. The lowest BCUT2D eigenvalue weighted by Crippen LogP contribution is -2.01. The van der Waals surface area contributed by atoms with Gasteiger partial charge in [-0.25, -0.2) is 0 Å². The molecule has 5 nitrogen and oxygen atoms in total. The highest BCUT2D eigenvalue weighted by molar-refractivity contribution is 5.69. The van der Waals surface area contributed by atoms with Crippen LogP contribution in [0, 0.1) is 5.92 Å². The molecule has 0 aliphatic heterocycles. The van der Waals surface area contributed by atoms with Crippen LogP contribution in [0.15, 0.2) is 6.20 Å². The lowest BCUT2D eigenvalue weighted by atomic mass is 10.1. The van der Waals surface area contributed by atoms with E-state index in [9.17, 15) is 4.79 Å². The van der Waals surface area contributed by atoms with E-state index < -0.39 is 5.97 Å². The van der Waals surface area contributed by atoms with E-state index in [4.69, 9.17) is 5.11 Å². The van der Waals surface area contributed by atoms with Gasteiger partial charge < -0.3 is 5.11 Å². The van der Waals surface area contributed by atoms with Crippen molar-refractivity contribution in [3.8, 4) is 0 Å². The maximum atomic E-state index is 10.4. The van der Waals surface area contributed by atoms with Gasteiger partial charge in [-0.1, -0.05) is 19.1 Å². The number of aryl methyl sites for hydroxylation is 1. The monoisotopic (exact) mass is 211 g/mol. The van der Waals surface area contributed by atoms with Crippen molar-refractivity contribution in [2.24, 2.45) is 5.92 Å². The molecule has 5 heteroatoms. The maximum absolute atomic E-state index is 10.4. The zero-order valence-electron chi connectivity index (χ0n) is 9.18. The molecule has 1 rings (SSSR count). The normalized spacial score (nSPS) is 10.9. The summed E-state index contributed by atoms with van der Waals surface area (Å²) in [5.74, 6) is -0.184. The molecule has 0 saturated heterocycles. The van der Waals surface area contributed by atoms with Crippen LogP contribution in [-0.4, -0.2) is 26.1 Å². The van der Waals surface area contributed by atoms with Crippen LogP contribution in [0.3, 0.4) is 0 Å². The summed E-state index contributed by atoms with van der Waals surface area (Å²) in [6.07, 6.45) is 3.85. The van der Waals surface area contributed by atoms with Gasteiger partial charge in [-0.05, 0) is 18.8 Å². The molecule has 0 aliphatic rings. The van der Waals surface area contributed by atoms with Gasteiger partial charge in [0.2, 0.25) is 0 Å². The first-order valence-corrected chi connectivity index (χ1v) is 5.18. The minimum atomic E-state index is -0.871. The van der Waals surface area contributed by atoms with E-state index >= 15 is 0 Å². The second-order valence-corrected chi connectivity index (χ2v) is 4.08. The first-order chi connectivity index (χ1) is 7.08. The van der Waals surface area contributed by atoms with Crippen molar-refractivity contribution in [1.82, 2.24) is 15.0 Å². The summed E-state index contributed by atoms with van der Waals surface area (Å²) >= 11 is 0. The molecular formula is C10H17N3O2. The van der Waals surface area contributed by atoms with Crippen molar-refractivity contribution in [2.45, 2.75) is 39.7 Å². The van der Waals surface area contributed by atoms with E-state index in [1.807, 2.05) is 0 Å². The number of aromatic nitrogens is 3. The summed E-state index contributed by atoms with van der Waals surface area (Å²) < 4.78 is 1.71. The van der Waals surface area contributed by atoms with Crippen molar-refractivity contribution in [1.29, 1.82) is 0 Å². The molecule has 0 unspecified atom stereocenters. The zero-order valence-corrected chi connectivity index (χ0v) is 9.18. The van der Waals surface area contributed by atoms with E-state index in [1.165, 1.54) is 0 Å². The molecule has 1 aromatic rings. The predicted octanol–water partition coefficient (Wildman–Crippen LogP) is 1.34. The molecule has 1 aromatic heterocycles. The van der Waals surface area contributed by atoms with Gasteiger partial charge in [-0.15, -0.1) is 5.10 Å². The van der Waals surface area contributed by atoms with Crippen LogP contribution in [0.4, 0.5) is 0 Å². The minimum absolute atomic E-state index is 0.0514. The van der Waals surface area contributed by atoms with E-state index in [2.05, 4.69) is 24.2 Å². The summed E-state index contributed by atoms with van der Waals surface area (Å²) in [5, 5.41) is 16.2. The van der Waals surface area contributed by atoms with E-state index in [0.29, 0.717) is 11.6 Å². The molecule has 0 aliphatic carbocycles. The number of carboxylic acids is 1. The molecule has 15 heavy (non-hydrogen) atoms. The lowest BCUT2D eigenvalue weighted by molar-refractivity contribution is -0.136. The summed E-state index contributed by atoms with van der Waals surface area (Å²) in [6.45, 7) is 5.17. The molecule has 1 N–H and O–H groups in total. The third-order valence-electron chi connectivity index (χ3n) is 2.09. The fourth-order valence-electron chi connectivity index (χ4n) is 1.35. The van der Waals surface area contributed by atoms with Crippen LogP contribution in [0.25, 0.3) is 0 Å². The van der Waals surface area contributed by atoms with Crippen molar-refractivity contribution in [3.63, 3.8) is 0 Å². The number of hydrogen-bond donors (Lipinski definition) is 1. The van der Waals surface area contributed by atoms with E-state index in [1.54, 1.807) is 10.9 Å². The largest absolute Gasteiger partial charge is 0.481 e. The molecule has 0 aromatic carbocycles. The summed E-state index contributed by atoms with van der Waals surface area (Å²) in [6, 6.07) is 0. The van der Waals surface area contributed by atoms with Crippen LogP contribution < -0.4 is 0 Å². The molecule has 0 radical (unpaired) electrons. The number of rotatable bonds is 6. The Kier molecular flexibility index (Phi) is 4.27. The number of aliphatic carboxylic acids is 1. The van der Waals surface area contributed by atoms with Crippen LogP contribution in [-0.2, 0) is 17.8 Å². The van der Waals surface area contributed by atoms with Gasteiger partial charge in [0, 0.05) is 12.7 Å². The van der Waals surface area contributed by atoms with Gasteiger partial charge in [-0.2, -0.15) is 0 Å². The summed E-state index contributed by atoms with van der Waals surface area (Å²) in [5.41, 5.74) is 0.520. The molecule has 0 atom stereocenters. The van der Waals surface area contributed by atoms with Crippen LogP contribution in [0.2, 0.25) is 0 Å². The molecule has 0 amide bonds. The molecule has 0 fully saturated rings. The Bertz CT molecular complexity index is 320. The first-order valence-electron chi connectivity index (χ1n) is 5.18. The average Bonchev–Trinajstić information content (AvgIpc) is 2.50. The third kappa shape index (κ3) is 4.58. The molecule has 0 bridgehead atoms. The molecule has 0 spiro atoms. The Balaban J connectivity index is 2.36. The van der Waals surface area contributed by atoms with Crippen molar-refractivity contribution in [2.75, 3.05) is 0 Å². The molecular weight excluding hydrogens is 194 g/mol. The second kappa shape index (κ2) is 5.48. The first kappa shape index (κ1) is 11.7.